The zero-order valence-corrected chi connectivity index (χ0v) is 9.41. The van der Waals surface area contributed by atoms with E-state index in [2.05, 4.69) is 5.32 Å². The molecule has 0 spiro atoms. The van der Waals surface area contributed by atoms with E-state index in [1.54, 1.807) is 6.07 Å². The Hall–Kier alpha value is -0.240. The van der Waals surface area contributed by atoms with E-state index in [0.29, 0.717) is 6.04 Å². The lowest BCUT2D eigenvalue weighted by molar-refractivity contribution is 0.412. The predicted octanol–water partition coefficient (Wildman–Crippen LogP) is 3.81. The minimum Gasteiger partial charge on any atom is -0.310 e. The van der Waals surface area contributed by atoms with Gasteiger partial charge in [-0.05, 0) is 43.1 Å². The highest BCUT2D eigenvalue weighted by atomic mass is 35.5. The second kappa shape index (κ2) is 4.52. The quantitative estimate of drug-likeness (QED) is 0.773. The van der Waals surface area contributed by atoms with Crippen LogP contribution < -0.4 is 5.32 Å². The van der Waals surface area contributed by atoms with Crippen molar-refractivity contribution >= 4 is 23.2 Å². The van der Waals surface area contributed by atoms with Crippen molar-refractivity contribution in [3.05, 3.63) is 33.8 Å². The normalized spacial score (nSPS) is 22.3. The molecular weight excluding hydrogens is 217 g/mol. The van der Waals surface area contributed by atoms with Crippen LogP contribution in [0.2, 0.25) is 10.0 Å². The molecule has 1 N–H and O–H groups in total. The van der Waals surface area contributed by atoms with Gasteiger partial charge in [0.15, 0.2) is 0 Å². The first-order valence-electron chi connectivity index (χ1n) is 4.95. The molecule has 1 fully saturated rings. The first-order chi connectivity index (χ1) is 6.75. The zero-order valence-electron chi connectivity index (χ0n) is 7.89. The summed E-state index contributed by atoms with van der Waals surface area (Å²) < 4.78 is 0. The maximum Gasteiger partial charge on any atom is 0.0424 e. The molecule has 0 radical (unpaired) electrons. The Morgan fingerprint density at radius 3 is 2.36 bits per heavy atom. The Labute approximate surface area is 94.4 Å². The average Bonchev–Trinajstić information content (AvgIpc) is 2.18. The lowest BCUT2D eigenvalue weighted by Crippen LogP contribution is -2.26. The van der Waals surface area contributed by atoms with Crippen molar-refractivity contribution in [1.29, 1.82) is 0 Å². The summed E-state index contributed by atoms with van der Waals surface area (Å²) in [6, 6.07) is 6.20. The summed E-state index contributed by atoms with van der Waals surface area (Å²) in [5, 5.41) is 4.92. The third kappa shape index (κ3) is 2.41. The van der Waals surface area contributed by atoms with Crippen LogP contribution in [0.1, 0.15) is 30.9 Å². The van der Waals surface area contributed by atoms with Gasteiger partial charge in [0, 0.05) is 16.1 Å². The van der Waals surface area contributed by atoms with Crippen LogP contribution in [0.4, 0.5) is 0 Å². The van der Waals surface area contributed by atoms with Crippen molar-refractivity contribution in [2.24, 2.45) is 0 Å². The Kier molecular flexibility index (Phi) is 3.32. The van der Waals surface area contributed by atoms with Crippen molar-refractivity contribution in [2.45, 2.75) is 25.3 Å². The Morgan fingerprint density at radius 1 is 1.07 bits per heavy atom. The zero-order chi connectivity index (χ0) is 9.97. The summed E-state index contributed by atoms with van der Waals surface area (Å²) in [6.07, 6.45) is 3.73. The molecule has 1 aliphatic rings. The highest BCUT2D eigenvalue weighted by Crippen LogP contribution is 2.27. The number of hydrogen-bond acceptors (Lipinski definition) is 1. The molecular formula is C11H13Cl2N. The summed E-state index contributed by atoms with van der Waals surface area (Å²) in [6.45, 7) is 1.09. The second-order valence-corrected chi connectivity index (χ2v) is 4.58. The molecule has 1 atom stereocenters. The molecule has 0 aromatic heterocycles. The largest absolute Gasteiger partial charge is 0.310 e. The number of benzene rings is 1. The van der Waals surface area contributed by atoms with Gasteiger partial charge in [0.2, 0.25) is 0 Å². The Balaban J connectivity index is 2.21. The van der Waals surface area contributed by atoms with Crippen LogP contribution in [-0.4, -0.2) is 6.54 Å². The summed E-state index contributed by atoms with van der Waals surface area (Å²) in [5.74, 6) is 0. The lowest BCUT2D eigenvalue weighted by Gasteiger charge is -2.24. The van der Waals surface area contributed by atoms with Crippen molar-refractivity contribution < 1.29 is 0 Å². The third-order valence-electron chi connectivity index (χ3n) is 2.60. The summed E-state index contributed by atoms with van der Waals surface area (Å²) in [7, 11) is 0. The second-order valence-electron chi connectivity index (χ2n) is 3.71. The molecule has 0 aliphatic carbocycles. The molecule has 1 aromatic carbocycles. The first-order valence-corrected chi connectivity index (χ1v) is 5.71. The fraction of sp³-hybridized carbons (Fsp3) is 0.455. The van der Waals surface area contributed by atoms with E-state index in [1.165, 1.54) is 24.8 Å². The summed E-state index contributed by atoms with van der Waals surface area (Å²) >= 11 is 11.9. The molecule has 76 valence electrons. The van der Waals surface area contributed by atoms with Gasteiger partial charge in [0.25, 0.3) is 0 Å². The van der Waals surface area contributed by atoms with E-state index in [4.69, 9.17) is 23.2 Å². The molecule has 1 nitrogen and oxygen atoms in total. The monoisotopic (exact) mass is 229 g/mol. The first kappa shape index (κ1) is 10.3. The number of piperidine rings is 1. The Bertz CT molecular complexity index is 299. The highest BCUT2D eigenvalue weighted by Gasteiger charge is 2.15. The van der Waals surface area contributed by atoms with Gasteiger partial charge in [-0.15, -0.1) is 0 Å². The topological polar surface area (TPSA) is 12.0 Å². The van der Waals surface area contributed by atoms with Gasteiger partial charge < -0.3 is 5.32 Å². The number of nitrogens with one attached hydrogen (secondary N) is 1. The van der Waals surface area contributed by atoms with E-state index in [0.717, 1.165) is 16.6 Å². The van der Waals surface area contributed by atoms with Crippen molar-refractivity contribution in [3.63, 3.8) is 0 Å². The van der Waals surface area contributed by atoms with Crippen LogP contribution in [0, 0.1) is 0 Å². The van der Waals surface area contributed by atoms with Gasteiger partial charge in [-0.3, -0.25) is 0 Å². The highest BCUT2D eigenvalue weighted by molar-refractivity contribution is 6.34. The molecule has 0 saturated carbocycles. The van der Waals surface area contributed by atoms with Crippen molar-refractivity contribution in [2.75, 3.05) is 6.54 Å². The van der Waals surface area contributed by atoms with Gasteiger partial charge in [-0.1, -0.05) is 29.6 Å². The smallest absolute Gasteiger partial charge is 0.0424 e. The summed E-state index contributed by atoms with van der Waals surface area (Å²) in [4.78, 5) is 0. The molecule has 0 bridgehead atoms. The van der Waals surface area contributed by atoms with Gasteiger partial charge in [-0.2, -0.15) is 0 Å². The predicted molar refractivity (Wildman–Crippen MR) is 61.1 cm³/mol. The standard InChI is InChI=1S/C11H13Cl2N/c12-9-5-8(6-10(13)7-9)11-3-1-2-4-14-11/h5-7,11,14H,1-4H2. The average molecular weight is 230 g/mol. The molecule has 0 amide bonds. The third-order valence-corrected chi connectivity index (χ3v) is 3.03. The minimum absolute atomic E-state index is 0.431. The van der Waals surface area contributed by atoms with Crippen LogP contribution in [0.15, 0.2) is 18.2 Å². The molecule has 2 rings (SSSR count). The maximum absolute atomic E-state index is 5.96. The van der Waals surface area contributed by atoms with Gasteiger partial charge >= 0.3 is 0 Å². The van der Waals surface area contributed by atoms with Crippen molar-refractivity contribution in [1.82, 2.24) is 5.32 Å². The van der Waals surface area contributed by atoms with E-state index in [-0.39, 0.29) is 0 Å². The molecule has 1 aliphatic heterocycles. The molecule has 1 aromatic rings. The van der Waals surface area contributed by atoms with Crippen molar-refractivity contribution in [3.8, 4) is 0 Å². The van der Waals surface area contributed by atoms with E-state index < -0.39 is 0 Å². The minimum atomic E-state index is 0.431. The van der Waals surface area contributed by atoms with Gasteiger partial charge in [0.05, 0.1) is 0 Å². The summed E-state index contributed by atoms with van der Waals surface area (Å²) in [5.41, 5.74) is 1.21. The fourth-order valence-corrected chi connectivity index (χ4v) is 2.46. The van der Waals surface area contributed by atoms with E-state index in [9.17, 15) is 0 Å². The Morgan fingerprint density at radius 2 is 1.79 bits per heavy atom. The van der Waals surface area contributed by atoms with Crippen LogP contribution >= 0.6 is 23.2 Å². The molecule has 1 unspecified atom stereocenters. The van der Waals surface area contributed by atoms with Crippen LogP contribution in [0.5, 0.6) is 0 Å². The van der Waals surface area contributed by atoms with Crippen LogP contribution in [0.25, 0.3) is 0 Å². The SMILES string of the molecule is Clc1cc(Cl)cc(C2CCCCN2)c1. The van der Waals surface area contributed by atoms with Crippen LogP contribution in [-0.2, 0) is 0 Å². The van der Waals surface area contributed by atoms with E-state index in [1.807, 2.05) is 12.1 Å². The number of hydrogen-bond donors (Lipinski definition) is 1. The molecule has 14 heavy (non-hydrogen) atoms. The van der Waals surface area contributed by atoms with E-state index >= 15 is 0 Å². The number of rotatable bonds is 1. The molecule has 3 heteroatoms. The number of halogens is 2. The molecule has 1 saturated heterocycles. The maximum atomic E-state index is 5.96. The molecule has 1 heterocycles. The fourth-order valence-electron chi connectivity index (χ4n) is 1.91. The van der Waals surface area contributed by atoms with Crippen LogP contribution in [0.3, 0.4) is 0 Å². The van der Waals surface area contributed by atoms with Gasteiger partial charge in [-0.25, -0.2) is 0 Å². The van der Waals surface area contributed by atoms with Gasteiger partial charge in [0.1, 0.15) is 0 Å². The lowest BCUT2D eigenvalue weighted by atomic mass is 9.98.